The first kappa shape index (κ1) is 45.3. The number of carboxylic acid groups (broad SMARTS) is 2. The zero-order valence-corrected chi connectivity index (χ0v) is 32.6. The molecule has 0 fully saturated rings. The van der Waals surface area contributed by atoms with Gasteiger partial charge in [0.05, 0.1) is 6.04 Å². The van der Waals surface area contributed by atoms with Crippen molar-refractivity contribution < 1.29 is 43.8 Å². The summed E-state index contributed by atoms with van der Waals surface area (Å²) < 4.78 is 0. The molecule has 56 heavy (non-hydrogen) atoms. The summed E-state index contributed by atoms with van der Waals surface area (Å²) in [7, 11) is 3.72. The molecule has 10 N–H and O–H groups in total. The maximum atomic E-state index is 13.7. The topological polar surface area (TPSA) is 267 Å². The van der Waals surface area contributed by atoms with Gasteiger partial charge in [-0.25, -0.2) is 4.79 Å². The summed E-state index contributed by atoms with van der Waals surface area (Å²) in [4.78, 5) is 92.0. The van der Waals surface area contributed by atoms with Crippen molar-refractivity contribution in [1.29, 1.82) is 0 Å². The van der Waals surface area contributed by atoms with Gasteiger partial charge in [0.1, 0.15) is 12.1 Å². The molecule has 17 nitrogen and oxygen atoms in total. The highest BCUT2D eigenvalue weighted by Crippen LogP contribution is 2.35. The number of aliphatic carboxylic acids is 2. The molecule has 5 amide bonds. The third kappa shape index (κ3) is 13.3. The lowest BCUT2D eigenvalue weighted by molar-refractivity contribution is -0.142. The Morgan fingerprint density at radius 2 is 1.50 bits per heavy atom. The highest BCUT2D eigenvalue weighted by Gasteiger charge is 2.35. The Balaban J connectivity index is 1.69. The molecule has 0 bridgehead atoms. The SMILES string of the molecule is CCCCCC[C@H](N)CNCC[C@H](N)C(=O)N[C@H](CCN1C(=O)c2cccc3c(N(C)C)ccc(c23)C1=O)C(=O)NCC[C@@H](NC(=O)CCCC(=O)O)C(=O)O. The van der Waals surface area contributed by atoms with Crippen LogP contribution in [0.15, 0.2) is 30.3 Å². The molecule has 1 aliphatic rings. The number of benzene rings is 2. The van der Waals surface area contributed by atoms with Crippen LogP contribution in [0.4, 0.5) is 5.69 Å². The normalized spacial score (nSPS) is 14.5. The maximum Gasteiger partial charge on any atom is 0.326 e. The first-order valence-corrected chi connectivity index (χ1v) is 19.3. The minimum atomic E-state index is -1.38. The van der Waals surface area contributed by atoms with E-state index in [4.69, 9.17) is 16.6 Å². The number of imide groups is 1. The second kappa shape index (κ2) is 22.4. The zero-order chi connectivity index (χ0) is 41.4. The van der Waals surface area contributed by atoms with Gasteiger partial charge in [0.15, 0.2) is 0 Å². The van der Waals surface area contributed by atoms with Gasteiger partial charge in [-0.05, 0) is 56.8 Å². The van der Waals surface area contributed by atoms with Crippen LogP contribution in [-0.2, 0) is 24.0 Å². The highest BCUT2D eigenvalue weighted by atomic mass is 16.4. The lowest BCUT2D eigenvalue weighted by Gasteiger charge is -2.30. The Kier molecular flexibility index (Phi) is 18.1. The molecule has 0 saturated carbocycles. The van der Waals surface area contributed by atoms with Crippen LogP contribution in [0.3, 0.4) is 0 Å². The summed E-state index contributed by atoms with van der Waals surface area (Å²) >= 11 is 0. The van der Waals surface area contributed by atoms with Crippen molar-refractivity contribution >= 4 is 57.9 Å². The molecule has 0 aromatic heterocycles. The number of unbranched alkanes of at least 4 members (excludes halogenated alkanes) is 3. The van der Waals surface area contributed by atoms with Crippen LogP contribution in [0, 0.1) is 0 Å². The third-order valence-electron chi connectivity index (χ3n) is 9.69. The van der Waals surface area contributed by atoms with Crippen LogP contribution in [0.1, 0.15) is 98.3 Å². The van der Waals surface area contributed by atoms with Crippen molar-refractivity contribution in [2.75, 3.05) is 45.2 Å². The molecule has 0 saturated heterocycles. The van der Waals surface area contributed by atoms with E-state index < -0.39 is 59.6 Å². The van der Waals surface area contributed by atoms with Gasteiger partial charge in [0.2, 0.25) is 17.7 Å². The minimum Gasteiger partial charge on any atom is -0.481 e. The van der Waals surface area contributed by atoms with Gasteiger partial charge in [-0.1, -0.05) is 44.7 Å². The number of carbonyl (C=O) groups excluding carboxylic acids is 5. The molecule has 3 rings (SSSR count). The zero-order valence-electron chi connectivity index (χ0n) is 32.6. The van der Waals surface area contributed by atoms with Crippen LogP contribution in [-0.4, -0.2) is 121 Å². The van der Waals surface area contributed by atoms with E-state index in [1.54, 1.807) is 24.3 Å². The molecule has 0 spiro atoms. The summed E-state index contributed by atoms with van der Waals surface area (Å²) in [5.74, 6) is -5.56. The Morgan fingerprint density at radius 3 is 2.16 bits per heavy atom. The van der Waals surface area contributed by atoms with Gasteiger partial charge in [-0.3, -0.25) is 33.7 Å². The average Bonchev–Trinajstić information content (AvgIpc) is 3.15. The summed E-state index contributed by atoms with van der Waals surface area (Å²) in [5.41, 5.74) is 13.9. The monoisotopic (exact) mass is 782 g/mol. The van der Waals surface area contributed by atoms with Gasteiger partial charge in [-0.2, -0.15) is 0 Å². The number of carbonyl (C=O) groups is 7. The number of nitrogens with zero attached hydrogens (tertiary/aromatic N) is 2. The van der Waals surface area contributed by atoms with Crippen molar-refractivity contribution in [3.05, 3.63) is 41.5 Å². The number of rotatable bonds is 26. The quantitative estimate of drug-likeness (QED) is 0.0495. The van der Waals surface area contributed by atoms with Crippen LogP contribution < -0.4 is 37.6 Å². The van der Waals surface area contributed by atoms with Gasteiger partial charge >= 0.3 is 11.9 Å². The lowest BCUT2D eigenvalue weighted by Crippen LogP contribution is -2.54. The van der Waals surface area contributed by atoms with Gasteiger partial charge < -0.3 is 47.8 Å². The molecule has 4 atom stereocenters. The number of nitrogens with one attached hydrogen (secondary N) is 4. The molecule has 0 aliphatic carbocycles. The molecular weight excluding hydrogens is 724 g/mol. The van der Waals surface area contributed by atoms with Crippen LogP contribution in [0.2, 0.25) is 0 Å². The number of nitrogens with two attached hydrogens (primary N) is 2. The van der Waals surface area contributed by atoms with Crippen molar-refractivity contribution in [3.8, 4) is 0 Å². The van der Waals surface area contributed by atoms with Gasteiger partial charge in [-0.15, -0.1) is 0 Å². The summed E-state index contributed by atoms with van der Waals surface area (Å²) in [6.45, 7) is 2.63. The fourth-order valence-electron chi connectivity index (χ4n) is 6.53. The van der Waals surface area contributed by atoms with Crippen molar-refractivity contribution in [2.45, 2.75) is 102 Å². The van der Waals surface area contributed by atoms with Crippen LogP contribution in [0.25, 0.3) is 10.8 Å². The molecule has 1 aliphatic heterocycles. The first-order chi connectivity index (χ1) is 26.7. The fourth-order valence-corrected chi connectivity index (χ4v) is 6.53. The Hall–Kier alpha value is -5.13. The van der Waals surface area contributed by atoms with E-state index in [1.807, 2.05) is 25.1 Å². The van der Waals surface area contributed by atoms with Crippen molar-refractivity contribution in [3.63, 3.8) is 0 Å². The second-order valence-electron chi connectivity index (χ2n) is 14.4. The van der Waals surface area contributed by atoms with Crippen LogP contribution in [0.5, 0.6) is 0 Å². The molecule has 0 unspecified atom stereocenters. The standard InChI is InChI=1S/C39H58N8O9/c1-4-5-6-7-10-24(40)23-42-20-17-28(41)35(51)45-29(36(52)43-21-18-30(39(55)56)44-32(48)13-9-14-33(49)50)19-22-47-37(53)26-12-8-11-25-31(46(2)3)16-15-27(34(25)26)38(47)54/h8,11-12,15-16,24,28-30,42H,4-7,9-10,13-14,17-23,40-41H2,1-3H3,(H,43,52)(H,44,48)(H,45,51)(H,49,50)(H,55,56)/t24-,28-,29+,30+/m0/s1. The smallest absolute Gasteiger partial charge is 0.326 e. The van der Waals surface area contributed by atoms with E-state index in [0.717, 1.165) is 48.1 Å². The maximum absolute atomic E-state index is 13.7. The predicted molar refractivity (Wildman–Crippen MR) is 211 cm³/mol. The Bertz CT molecular complexity index is 1700. The van der Waals surface area contributed by atoms with E-state index in [2.05, 4.69) is 28.2 Å². The number of hydrogen-bond donors (Lipinski definition) is 8. The van der Waals surface area contributed by atoms with E-state index in [0.29, 0.717) is 29.6 Å². The third-order valence-corrected chi connectivity index (χ3v) is 9.69. The van der Waals surface area contributed by atoms with E-state index in [-0.39, 0.29) is 57.7 Å². The Morgan fingerprint density at radius 1 is 0.786 bits per heavy atom. The average molecular weight is 783 g/mol. The molecule has 1 heterocycles. The summed E-state index contributed by atoms with van der Waals surface area (Å²) in [6.07, 6.45) is 4.74. The Labute approximate surface area is 327 Å². The number of hydrogen-bond acceptors (Lipinski definition) is 11. The molecule has 2 aromatic rings. The number of carboxylic acids is 2. The van der Waals surface area contributed by atoms with E-state index in [1.165, 1.54) is 0 Å². The minimum absolute atomic E-state index is 0.0242. The summed E-state index contributed by atoms with van der Waals surface area (Å²) in [6, 6.07) is 4.95. The highest BCUT2D eigenvalue weighted by molar-refractivity contribution is 6.26. The van der Waals surface area contributed by atoms with Crippen molar-refractivity contribution in [2.24, 2.45) is 11.5 Å². The van der Waals surface area contributed by atoms with E-state index >= 15 is 0 Å². The molecule has 2 aromatic carbocycles. The molecule has 0 radical (unpaired) electrons. The second-order valence-corrected chi connectivity index (χ2v) is 14.4. The lowest BCUT2D eigenvalue weighted by atomic mass is 9.92. The summed E-state index contributed by atoms with van der Waals surface area (Å²) in [5, 5.41) is 30.5. The van der Waals surface area contributed by atoms with E-state index in [9.17, 15) is 38.7 Å². The number of amides is 5. The molecule has 17 heteroatoms. The van der Waals surface area contributed by atoms with Crippen LogP contribution >= 0.6 is 0 Å². The molecular formula is C39H58N8O9. The first-order valence-electron chi connectivity index (χ1n) is 19.3. The fraction of sp³-hybridized carbons (Fsp3) is 0.564. The largest absolute Gasteiger partial charge is 0.481 e. The number of anilines is 1. The van der Waals surface area contributed by atoms with Gasteiger partial charge in [0, 0.05) is 80.2 Å². The van der Waals surface area contributed by atoms with Gasteiger partial charge in [0.25, 0.3) is 11.8 Å². The van der Waals surface area contributed by atoms with Crippen molar-refractivity contribution in [1.82, 2.24) is 26.2 Å². The molecule has 308 valence electrons. The predicted octanol–water partition coefficient (Wildman–Crippen LogP) is 1.31.